The summed E-state index contributed by atoms with van der Waals surface area (Å²) < 4.78 is 18.0. The lowest BCUT2D eigenvalue weighted by Gasteiger charge is -2.19. The Morgan fingerprint density at radius 2 is 2.00 bits per heavy atom. The van der Waals surface area contributed by atoms with E-state index >= 15 is 0 Å². The number of fused-ring (bicyclic) bond motifs is 1. The summed E-state index contributed by atoms with van der Waals surface area (Å²) in [5.74, 6) is 1.20. The molecule has 6 nitrogen and oxygen atoms in total. The average molecular weight is 392 g/mol. The smallest absolute Gasteiger partial charge is 0.262 e. The molecule has 0 amide bonds. The maximum absolute atomic E-state index is 13.4. The van der Waals surface area contributed by atoms with Crippen molar-refractivity contribution in [2.75, 3.05) is 27.9 Å². The number of ether oxygens (including phenoxy) is 3. The predicted octanol–water partition coefficient (Wildman–Crippen LogP) is 2.52. The van der Waals surface area contributed by atoms with Crippen LogP contribution < -0.4 is 20.2 Å². The number of hydrogen-bond acceptors (Lipinski definition) is 5. The fourth-order valence-corrected chi connectivity index (χ4v) is 3.82. The van der Waals surface area contributed by atoms with Gasteiger partial charge in [-0.05, 0) is 30.5 Å². The van der Waals surface area contributed by atoms with E-state index in [2.05, 4.69) is 11.1 Å². The van der Waals surface area contributed by atoms with Gasteiger partial charge in [-0.1, -0.05) is 30.4 Å². The molecule has 2 aromatic rings. The van der Waals surface area contributed by atoms with Crippen molar-refractivity contribution in [2.24, 2.45) is 4.99 Å². The number of rotatable bonds is 5. The molecule has 1 atom stereocenters. The van der Waals surface area contributed by atoms with Crippen molar-refractivity contribution in [2.45, 2.75) is 18.9 Å². The molecule has 1 aromatic heterocycles. The molecule has 0 saturated heterocycles. The van der Waals surface area contributed by atoms with Crippen LogP contribution >= 0.6 is 0 Å². The van der Waals surface area contributed by atoms with E-state index in [-0.39, 0.29) is 12.0 Å². The Labute approximate surface area is 169 Å². The summed E-state index contributed by atoms with van der Waals surface area (Å²) in [5.41, 5.74) is 3.21. The Morgan fingerprint density at radius 1 is 1.17 bits per heavy atom. The highest BCUT2D eigenvalue weighted by Gasteiger charge is 2.25. The summed E-state index contributed by atoms with van der Waals surface area (Å²) in [7, 11) is 4.85. The van der Waals surface area contributed by atoms with E-state index in [1.54, 1.807) is 25.9 Å². The number of allylic oxidation sites excluding steroid dienone is 2. The minimum atomic E-state index is -0.248. The van der Waals surface area contributed by atoms with Crippen LogP contribution in [0.1, 0.15) is 17.6 Å². The van der Waals surface area contributed by atoms with Gasteiger partial charge >= 0.3 is 0 Å². The van der Waals surface area contributed by atoms with Crippen LogP contribution in [-0.4, -0.2) is 44.5 Å². The molecular formula is C23H24N2O4. The summed E-state index contributed by atoms with van der Waals surface area (Å²) in [6.07, 6.45) is 11.0. The molecule has 4 rings (SSSR count). The summed E-state index contributed by atoms with van der Waals surface area (Å²) in [6, 6.07) is 5.76. The highest BCUT2D eigenvalue weighted by atomic mass is 16.5. The van der Waals surface area contributed by atoms with Crippen molar-refractivity contribution in [3.05, 3.63) is 58.9 Å². The van der Waals surface area contributed by atoms with Gasteiger partial charge in [0.05, 0.1) is 20.3 Å². The number of nitrogens with zero attached hydrogens (tertiary/aromatic N) is 2. The monoisotopic (exact) mass is 392 g/mol. The van der Waals surface area contributed by atoms with Gasteiger partial charge in [-0.25, -0.2) is 0 Å². The first-order valence-electron chi connectivity index (χ1n) is 9.60. The largest absolute Gasteiger partial charge is 0.493 e. The molecule has 2 aliphatic rings. The van der Waals surface area contributed by atoms with Crippen LogP contribution in [0.3, 0.4) is 0 Å². The van der Waals surface area contributed by atoms with Gasteiger partial charge in [-0.2, -0.15) is 0 Å². The summed E-state index contributed by atoms with van der Waals surface area (Å²) in [4.78, 5) is 18.0. The number of hydrogen-bond donors (Lipinski definition) is 0. The fourth-order valence-electron chi connectivity index (χ4n) is 3.82. The second-order valence-electron chi connectivity index (χ2n) is 6.91. The second-order valence-corrected chi connectivity index (χ2v) is 6.91. The van der Waals surface area contributed by atoms with Crippen LogP contribution in [0.4, 0.5) is 0 Å². The maximum Gasteiger partial charge on any atom is 0.262 e. The Kier molecular flexibility index (Phi) is 5.36. The number of aromatic nitrogens is 1. The fraction of sp³-hybridized carbons (Fsp3) is 0.304. The van der Waals surface area contributed by atoms with Gasteiger partial charge in [0, 0.05) is 36.2 Å². The van der Waals surface area contributed by atoms with Gasteiger partial charge in [0.25, 0.3) is 5.91 Å². The third kappa shape index (κ3) is 3.40. The Hall–Kier alpha value is -3.12. The molecule has 0 spiro atoms. The molecule has 150 valence electrons. The zero-order valence-electron chi connectivity index (χ0n) is 16.8. The molecule has 1 unspecified atom stereocenters. The Bertz CT molecular complexity index is 1120. The lowest BCUT2D eigenvalue weighted by molar-refractivity contribution is 0.0851. The van der Waals surface area contributed by atoms with E-state index in [0.29, 0.717) is 35.5 Å². The first-order valence-corrected chi connectivity index (χ1v) is 9.60. The minimum Gasteiger partial charge on any atom is -0.493 e. The molecule has 0 bridgehead atoms. The molecule has 29 heavy (non-hydrogen) atoms. The highest BCUT2D eigenvalue weighted by Crippen LogP contribution is 2.31. The second kappa shape index (κ2) is 8.09. The van der Waals surface area contributed by atoms with Crippen LogP contribution in [0.2, 0.25) is 0 Å². The van der Waals surface area contributed by atoms with E-state index in [4.69, 9.17) is 14.2 Å². The zero-order valence-corrected chi connectivity index (χ0v) is 16.8. The SMILES string of the molecule is COc1ccc(-c2cn(C(=O)C3=CC=CCC3OC)c3c2=CCCN=3)cc1OC. The van der Waals surface area contributed by atoms with Crippen LogP contribution in [0, 0.1) is 0 Å². The van der Waals surface area contributed by atoms with Crippen molar-refractivity contribution in [3.63, 3.8) is 0 Å². The van der Waals surface area contributed by atoms with E-state index in [1.165, 1.54) is 0 Å². The molecule has 1 aliphatic heterocycles. The molecule has 0 N–H and O–H groups in total. The van der Waals surface area contributed by atoms with Crippen molar-refractivity contribution >= 4 is 12.0 Å². The van der Waals surface area contributed by atoms with E-state index in [1.807, 2.05) is 42.6 Å². The quantitative estimate of drug-likeness (QED) is 0.785. The summed E-state index contributed by atoms with van der Waals surface area (Å²) >= 11 is 0. The van der Waals surface area contributed by atoms with Crippen LogP contribution in [0.5, 0.6) is 11.5 Å². The van der Waals surface area contributed by atoms with Crippen LogP contribution in [0.15, 0.2) is 53.2 Å². The van der Waals surface area contributed by atoms with Crippen LogP contribution in [-0.2, 0) is 4.74 Å². The van der Waals surface area contributed by atoms with E-state index < -0.39 is 0 Å². The highest BCUT2D eigenvalue weighted by molar-refractivity contribution is 5.97. The van der Waals surface area contributed by atoms with Gasteiger partial charge in [-0.15, -0.1) is 0 Å². The lowest BCUT2D eigenvalue weighted by atomic mass is 10.0. The lowest BCUT2D eigenvalue weighted by Crippen LogP contribution is -2.38. The normalized spacial score (nSPS) is 17.6. The molecule has 1 aliphatic carbocycles. The third-order valence-electron chi connectivity index (χ3n) is 5.31. The van der Waals surface area contributed by atoms with Crippen molar-refractivity contribution < 1.29 is 19.0 Å². The first kappa shape index (κ1) is 19.2. The van der Waals surface area contributed by atoms with Gasteiger partial charge < -0.3 is 14.2 Å². The molecule has 0 saturated carbocycles. The molecule has 6 heteroatoms. The van der Waals surface area contributed by atoms with E-state index in [9.17, 15) is 4.79 Å². The summed E-state index contributed by atoms with van der Waals surface area (Å²) in [5, 5.41) is 0.970. The third-order valence-corrected chi connectivity index (χ3v) is 5.31. The number of methoxy groups -OCH3 is 3. The predicted molar refractivity (Wildman–Crippen MR) is 111 cm³/mol. The van der Waals surface area contributed by atoms with E-state index in [0.717, 1.165) is 22.8 Å². The maximum atomic E-state index is 13.4. The summed E-state index contributed by atoms with van der Waals surface area (Å²) in [6.45, 7) is 0.669. The van der Waals surface area contributed by atoms with Crippen molar-refractivity contribution in [3.8, 4) is 22.6 Å². The van der Waals surface area contributed by atoms with Crippen LogP contribution in [0.25, 0.3) is 17.2 Å². The van der Waals surface area contributed by atoms with Gasteiger partial charge in [0.1, 0.15) is 5.49 Å². The number of benzene rings is 1. The van der Waals surface area contributed by atoms with Crippen molar-refractivity contribution in [1.82, 2.24) is 4.57 Å². The topological polar surface area (TPSA) is 62.0 Å². The number of carbonyl (C=O) groups excluding carboxylic acids is 1. The molecule has 0 radical (unpaired) electrons. The van der Waals surface area contributed by atoms with Gasteiger partial charge in [0.2, 0.25) is 0 Å². The van der Waals surface area contributed by atoms with Crippen molar-refractivity contribution in [1.29, 1.82) is 0 Å². The van der Waals surface area contributed by atoms with Gasteiger partial charge in [0.15, 0.2) is 11.5 Å². The Balaban J connectivity index is 1.86. The minimum absolute atomic E-state index is 0.108. The molecule has 0 fully saturated rings. The Morgan fingerprint density at radius 3 is 2.76 bits per heavy atom. The molecule has 2 heterocycles. The number of carbonyl (C=O) groups is 1. The zero-order chi connectivity index (χ0) is 20.4. The standard InChI is InChI=1S/C23H24N2O4/c1-27-19-9-5-4-7-17(19)23(26)25-14-18(16-8-6-12-24-22(16)25)15-10-11-20(28-2)21(13-15)29-3/h4-5,7-8,10-11,13-14,19H,6,9,12H2,1-3H3. The first-order chi connectivity index (χ1) is 14.2. The average Bonchev–Trinajstić information content (AvgIpc) is 3.17. The molecule has 1 aromatic carbocycles. The van der Waals surface area contributed by atoms with Gasteiger partial charge in [-0.3, -0.25) is 14.4 Å². The molecular weight excluding hydrogens is 368 g/mol.